The highest BCUT2D eigenvalue weighted by molar-refractivity contribution is 6.30. The zero-order chi connectivity index (χ0) is 13.2. The van der Waals surface area contributed by atoms with Crippen LogP contribution in [0.2, 0.25) is 5.02 Å². The van der Waals surface area contributed by atoms with Crippen LogP contribution in [0.5, 0.6) is 0 Å². The van der Waals surface area contributed by atoms with Gasteiger partial charge in [-0.15, -0.1) is 0 Å². The lowest BCUT2D eigenvalue weighted by Gasteiger charge is -1.96. The Morgan fingerprint density at radius 1 is 1.21 bits per heavy atom. The third-order valence-corrected chi connectivity index (χ3v) is 2.67. The number of nitrogen functional groups attached to an aromatic ring is 1. The molecule has 0 saturated carbocycles. The van der Waals surface area contributed by atoms with Crippen molar-refractivity contribution >= 4 is 17.4 Å². The molecule has 0 amide bonds. The summed E-state index contributed by atoms with van der Waals surface area (Å²) in [6, 6.07) is 7.42. The highest BCUT2D eigenvalue weighted by Gasteiger charge is 2.17. The van der Waals surface area contributed by atoms with E-state index in [1.54, 1.807) is 6.07 Å². The number of hydrogen-bond donors (Lipinski definition) is 1. The molecular formula is C11H8ClN5O2. The second-order valence-electron chi connectivity index (χ2n) is 3.82. The highest BCUT2D eigenvalue weighted by atomic mass is 35.5. The summed E-state index contributed by atoms with van der Waals surface area (Å²) < 4.78 is 9.53. The van der Waals surface area contributed by atoms with E-state index < -0.39 is 0 Å². The maximum atomic E-state index is 5.91. The van der Waals surface area contributed by atoms with E-state index in [-0.39, 0.29) is 17.4 Å². The van der Waals surface area contributed by atoms with Crippen molar-refractivity contribution < 1.29 is 9.15 Å². The van der Waals surface area contributed by atoms with Crippen LogP contribution >= 0.6 is 11.6 Å². The van der Waals surface area contributed by atoms with Crippen LogP contribution in [0, 0.1) is 0 Å². The molecule has 7 nitrogen and oxygen atoms in total. The van der Waals surface area contributed by atoms with Crippen molar-refractivity contribution in [3.63, 3.8) is 0 Å². The lowest BCUT2D eigenvalue weighted by molar-refractivity contribution is 0.308. The van der Waals surface area contributed by atoms with Crippen LogP contribution in [-0.4, -0.2) is 20.5 Å². The molecule has 2 heterocycles. The van der Waals surface area contributed by atoms with Gasteiger partial charge in [-0.1, -0.05) is 28.9 Å². The minimum absolute atomic E-state index is 0.109. The van der Waals surface area contributed by atoms with E-state index in [1.165, 1.54) is 0 Å². The van der Waals surface area contributed by atoms with Gasteiger partial charge in [-0.2, -0.15) is 4.98 Å². The number of nitrogens with two attached hydrogens (primary N) is 1. The van der Waals surface area contributed by atoms with Crippen molar-refractivity contribution in [1.82, 2.24) is 20.5 Å². The third kappa shape index (κ3) is 2.41. The summed E-state index contributed by atoms with van der Waals surface area (Å²) in [5.74, 6) is 0.786. The summed E-state index contributed by atoms with van der Waals surface area (Å²) in [4.78, 5) is 4.18. The topological polar surface area (TPSA) is 104 Å². The lowest BCUT2D eigenvalue weighted by Crippen LogP contribution is -1.91. The Morgan fingerprint density at radius 2 is 2.11 bits per heavy atom. The molecule has 2 N–H and O–H groups in total. The molecule has 1 aromatic carbocycles. The number of benzene rings is 1. The normalized spacial score (nSPS) is 10.8. The van der Waals surface area contributed by atoms with E-state index >= 15 is 0 Å². The molecule has 0 aliphatic carbocycles. The van der Waals surface area contributed by atoms with Gasteiger partial charge in [-0.25, -0.2) is 4.63 Å². The molecule has 8 heteroatoms. The first-order valence-electron chi connectivity index (χ1n) is 5.38. The molecule has 0 saturated heterocycles. The van der Waals surface area contributed by atoms with Crippen molar-refractivity contribution in [3.05, 3.63) is 40.7 Å². The number of halogens is 1. The Balaban J connectivity index is 1.84. The average molecular weight is 278 g/mol. The molecule has 3 aromatic rings. The Bertz CT molecular complexity index is 708. The SMILES string of the molecule is Nc1nonc1-c1nc(Cc2cccc(Cl)c2)no1. The van der Waals surface area contributed by atoms with Crippen LogP contribution in [0.1, 0.15) is 11.4 Å². The van der Waals surface area contributed by atoms with Gasteiger partial charge in [-0.3, -0.25) is 0 Å². The predicted molar refractivity (Wildman–Crippen MR) is 66.3 cm³/mol. The second kappa shape index (κ2) is 4.69. The van der Waals surface area contributed by atoms with Crippen LogP contribution in [0.3, 0.4) is 0 Å². The first kappa shape index (κ1) is 11.7. The predicted octanol–water partition coefficient (Wildman–Crippen LogP) is 1.95. The van der Waals surface area contributed by atoms with E-state index in [0.29, 0.717) is 17.3 Å². The Hall–Kier alpha value is -2.41. The first-order valence-corrected chi connectivity index (χ1v) is 5.75. The van der Waals surface area contributed by atoms with Crippen LogP contribution in [0.25, 0.3) is 11.6 Å². The average Bonchev–Trinajstić information content (AvgIpc) is 2.98. The van der Waals surface area contributed by atoms with Crippen LogP contribution in [-0.2, 0) is 6.42 Å². The van der Waals surface area contributed by atoms with E-state index in [4.69, 9.17) is 21.9 Å². The van der Waals surface area contributed by atoms with Gasteiger partial charge in [0.05, 0.1) is 0 Å². The zero-order valence-electron chi connectivity index (χ0n) is 9.58. The first-order chi connectivity index (χ1) is 9.22. The molecule has 19 heavy (non-hydrogen) atoms. The lowest BCUT2D eigenvalue weighted by atomic mass is 10.1. The fraction of sp³-hybridized carbons (Fsp3) is 0.0909. The Morgan fingerprint density at radius 3 is 2.84 bits per heavy atom. The van der Waals surface area contributed by atoms with Crippen molar-refractivity contribution in [2.75, 3.05) is 5.73 Å². The maximum Gasteiger partial charge on any atom is 0.284 e. The maximum absolute atomic E-state index is 5.91. The number of anilines is 1. The van der Waals surface area contributed by atoms with Gasteiger partial charge in [0.25, 0.3) is 5.89 Å². The fourth-order valence-electron chi connectivity index (χ4n) is 1.60. The monoisotopic (exact) mass is 277 g/mol. The van der Waals surface area contributed by atoms with Crippen molar-refractivity contribution in [1.29, 1.82) is 0 Å². The fourth-order valence-corrected chi connectivity index (χ4v) is 1.81. The van der Waals surface area contributed by atoms with Crippen LogP contribution < -0.4 is 5.73 Å². The standard InChI is InChI=1S/C11H8ClN5O2/c12-7-3-1-2-6(4-7)5-8-14-11(18-15-8)9-10(13)17-19-16-9/h1-4H,5H2,(H2,13,17). The highest BCUT2D eigenvalue weighted by Crippen LogP contribution is 2.20. The van der Waals surface area contributed by atoms with E-state index in [0.717, 1.165) is 5.56 Å². The summed E-state index contributed by atoms with van der Waals surface area (Å²) in [5.41, 5.74) is 6.76. The van der Waals surface area contributed by atoms with E-state index in [1.807, 2.05) is 18.2 Å². The molecule has 0 aliphatic rings. The van der Waals surface area contributed by atoms with Crippen molar-refractivity contribution in [2.45, 2.75) is 6.42 Å². The number of aromatic nitrogens is 4. The smallest absolute Gasteiger partial charge is 0.284 e. The number of rotatable bonds is 3. The van der Waals surface area contributed by atoms with Gasteiger partial charge in [0.1, 0.15) is 0 Å². The largest absolute Gasteiger partial charge is 0.379 e. The van der Waals surface area contributed by atoms with Gasteiger partial charge in [0.2, 0.25) is 11.5 Å². The summed E-state index contributed by atoms with van der Waals surface area (Å²) in [6.07, 6.45) is 0.495. The van der Waals surface area contributed by atoms with Gasteiger partial charge in [0, 0.05) is 11.4 Å². The Labute approximate surface area is 112 Å². The molecule has 2 aromatic heterocycles. The molecule has 0 atom stereocenters. The zero-order valence-corrected chi connectivity index (χ0v) is 10.3. The van der Waals surface area contributed by atoms with E-state index in [9.17, 15) is 0 Å². The van der Waals surface area contributed by atoms with E-state index in [2.05, 4.69) is 25.1 Å². The molecule has 0 aliphatic heterocycles. The summed E-state index contributed by atoms with van der Waals surface area (Å²) in [5, 5.41) is 11.5. The van der Waals surface area contributed by atoms with Crippen molar-refractivity contribution in [3.8, 4) is 11.6 Å². The molecule has 0 radical (unpaired) electrons. The number of hydrogen-bond acceptors (Lipinski definition) is 7. The molecule has 0 unspecified atom stereocenters. The van der Waals surface area contributed by atoms with Gasteiger partial charge >= 0.3 is 0 Å². The van der Waals surface area contributed by atoms with Crippen LogP contribution in [0.4, 0.5) is 5.82 Å². The van der Waals surface area contributed by atoms with Gasteiger partial charge in [-0.05, 0) is 28.0 Å². The molecular weight excluding hydrogens is 270 g/mol. The minimum atomic E-state index is 0.109. The molecule has 3 rings (SSSR count). The minimum Gasteiger partial charge on any atom is -0.379 e. The van der Waals surface area contributed by atoms with Gasteiger partial charge in [0.15, 0.2) is 5.82 Å². The molecule has 0 spiro atoms. The quantitative estimate of drug-likeness (QED) is 0.780. The third-order valence-electron chi connectivity index (χ3n) is 2.44. The second-order valence-corrected chi connectivity index (χ2v) is 4.26. The summed E-state index contributed by atoms with van der Waals surface area (Å²) in [6.45, 7) is 0. The Kier molecular flexibility index (Phi) is 2.88. The number of nitrogens with zero attached hydrogens (tertiary/aromatic N) is 4. The molecule has 96 valence electrons. The summed E-state index contributed by atoms with van der Waals surface area (Å²) in [7, 11) is 0. The summed E-state index contributed by atoms with van der Waals surface area (Å²) >= 11 is 5.91. The molecule has 0 fully saturated rings. The van der Waals surface area contributed by atoms with Crippen LogP contribution in [0.15, 0.2) is 33.4 Å². The molecule has 0 bridgehead atoms. The van der Waals surface area contributed by atoms with Gasteiger partial charge < -0.3 is 10.3 Å². The van der Waals surface area contributed by atoms with Crippen molar-refractivity contribution in [2.24, 2.45) is 0 Å².